The number of benzene rings is 1. The van der Waals surface area contributed by atoms with E-state index in [0.29, 0.717) is 24.9 Å². The third kappa shape index (κ3) is 4.32. The van der Waals surface area contributed by atoms with Crippen molar-refractivity contribution in [1.82, 2.24) is 9.88 Å². The number of piperidine rings is 1. The van der Waals surface area contributed by atoms with Gasteiger partial charge in [-0.3, -0.25) is 4.79 Å². The Hall–Kier alpha value is -2.78. The predicted octanol–water partition coefficient (Wildman–Crippen LogP) is 3.14. The first-order valence-electron chi connectivity index (χ1n) is 8.69. The topological polar surface area (TPSA) is 53.4 Å². The first kappa shape index (κ1) is 19.0. The standard InChI is InChI=1S/C21H20F2N2O2/c1-21(2)12-17(26)9-10-25(21)20(27)19-8-4-14(13-24-19)3-5-15-11-16(22)6-7-18(15)23/h4,6-8,11,13,17,26H,9-10,12H2,1-2H3. The molecule has 140 valence electrons. The Labute approximate surface area is 156 Å². The van der Waals surface area contributed by atoms with Crippen LogP contribution in [0.1, 0.15) is 48.3 Å². The van der Waals surface area contributed by atoms with Crippen molar-refractivity contribution in [2.75, 3.05) is 6.54 Å². The van der Waals surface area contributed by atoms with Gasteiger partial charge >= 0.3 is 0 Å². The minimum absolute atomic E-state index is 0.0382. The van der Waals surface area contributed by atoms with Gasteiger partial charge in [0.1, 0.15) is 17.3 Å². The Morgan fingerprint density at radius 2 is 2.04 bits per heavy atom. The zero-order valence-corrected chi connectivity index (χ0v) is 15.2. The molecule has 1 aliphatic rings. The van der Waals surface area contributed by atoms with Crippen LogP contribution in [0.3, 0.4) is 0 Å². The Morgan fingerprint density at radius 1 is 1.26 bits per heavy atom. The number of carbonyl (C=O) groups is 1. The second-order valence-electron chi connectivity index (χ2n) is 7.22. The van der Waals surface area contributed by atoms with Crippen molar-refractivity contribution < 1.29 is 18.7 Å². The van der Waals surface area contributed by atoms with Crippen LogP contribution in [0.5, 0.6) is 0 Å². The van der Waals surface area contributed by atoms with E-state index in [2.05, 4.69) is 16.8 Å². The van der Waals surface area contributed by atoms with Gasteiger partial charge in [-0.15, -0.1) is 0 Å². The highest BCUT2D eigenvalue weighted by Gasteiger charge is 2.37. The van der Waals surface area contributed by atoms with Gasteiger partial charge in [0.25, 0.3) is 5.91 Å². The molecular formula is C21H20F2N2O2. The zero-order chi connectivity index (χ0) is 19.6. The molecule has 4 nitrogen and oxygen atoms in total. The maximum absolute atomic E-state index is 13.6. The number of aliphatic hydroxyl groups is 1. The number of carbonyl (C=O) groups excluding carboxylic acids is 1. The lowest BCUT2D eigenvalue weighted by atomic mass is 9.88. The monoisotopic (exact) mass is 370 g/mol. The van der Waals surface area contributed by atoms with Gasteiger partial charge in [0.15, 0.2) is 0 Å². The number of hydrogen-bond donors (Lipinski definition) is 1. The second kappa shape index (κ2) is 7.45. The minimum Gasteiger partial charge on any atom is -0.393 e. The van der Waals surface area contributed by atoms with Crippen LogP contribution in [-0.2, 0) is 0 Å². The fourth-order valence-electron chi connectivity index (χ4n) is 3.21. The van der Waals surface area contributed by atoms with Gasteiger partial charge in [0, 0.05) is 23.8 Å². The van der Waals surface area contributed by atoms with E-state index in [1.165, 1.54) is 6.20 Å². The van der Waals surface area contributed by atoms with Crippen molar-refractivity contribution in [3.63, 3.8) is 0 Å². The lowest BCUT2D eigenvalue weighted by molar-refractivity contribution is 0.00292. The van der Waals surface area contributed by atoms with Gasteiger partial charge in [-0.25, -0.2) is 13.8 Å². The Bertz CT molecular complexity index is 914. The van der Waals surface area contributed by atoms with Crippen LogP contribution in [0, 0.1) is 23.5 Å². The molecule has 3 rings (SSSR count). The van der Waals surface area contributed by atoms with Crippen LogP contribution >= 0.6 is 0 Å². The van der Waals surface area contributed by atoms with Crippen molar-refractivity contribution >= 4 is 5.91 Å². The molecule has 0 radical (unpaired) electrons. The molecule has 1 amide bonds. The highest BCUT2D eigenvalue weighted by Crippen LogP contribution is 2.28. The predicted molar refractivity (Wildman–Crippen MR) is 96.9 cm³/mol. The van der Waals surface area contributed by atoms with Crippen LogP contribution in [-0.4, -0.2) is 39.1 Å². The second-order valence-corrected chi connectivity index (χ2v) is 7.22. The summed E-state index contributed by atoms with van der Waals surface area (Å²) in [5, 5.41) is 9.82. The summed E-state index contributed by atoms with van der Waals surface area (Å²) >= 11 is 0. The summed E-state index contributed by atoms with van der Waals surface area (Å²) in [5.41, 5.74) is 0.276. The molecule has 27 heavy (non-hydrogen) atoms. The maximum Gasteiger partial charge on any atom is 0.272 e. The van der Waals surface area contributed by atoms with Crippen LogP contribution in [0.15, 0.2) is 36.5 Å². The molecule has 1 aromatic heterocycles. The SMILES string of the molecule is CC1(C)CC(O)CCN1C(=O)c1ccc(C#Cc2cc(F)ccc2F)cn1. The van der Waals surface area contributed by atoms with Crippen molar-refractivity contribution in [2.45, 2.75) is 38.3 Å². The van der Waals surface area contributed by atoms with Crippen LogP contribution < -0.4 is 0 Å². The number of amides is 1. The van der Waals surface area contributed by atoms with Gasteiger partial charge < -0.3 is 10.0 Å². The van der Waals surface area contributed by atoms with E-state index >= 15 is 0 Å². The zero-order valence-electron chi connectivity index (χ0n) is 15.2. The first-order valence-corrected chi connectivity index (χ1v) is 8.69. The quantitative estimate of drug-likeness (QED) is 0.785. The van der Waals surface area contributed by atoms with Gasteiger partial charge in [0.05, 0.1) is 11.7 Å². The summed E-state index contributed by atoms with van der Waals surface area (Å²) in [7, 11) is 0. The molecule has 1 atom stereocenters. The summed E-state index contributed by atoms with van der Waals surface area (Å²) in [6.45, 7) is 4.30. The Kier molecular flexibility index (Phi) is 5.24. The number of likely N-dealkylation sites (tertiary alicyclic amines) is 1. The van der Waals surface area contributed by atoms with Gasteiger partial charge in [-0.1, -0.05) is 11.8 Å². The van der Waals surface area contributed by atoms with E-state index in [0.717, 1.165) is 18.2 Å². The lowest BCUT2D eigenvalue weighted by Gasteiger charge is -2.44. The molecule has 2 aromatic rings. The van der Waals surface area contributed by atoms with Crippen LogP contribution in [0.4, 0.5) is 8.78 Å². The number of rotatable bonds is 1. The maximum atomic E-state index is 13.6. The molecule has 1 unspecified atom stereocenters. The van der Waals surface area contributed by atoms with Gasteiger partial charge in [-0.05, 0) is 57.0 Å². The van der Waals surface area contributed by atoms with Crippen molar-refractivity contribution in [3.05, 3.63) is 65.0 Å². The highest BCUT2D eigenvalue weighted by molar-refractivity contribution is 5.93. The van der Waals surface area contributed by atoms with Crippen molar-refractivity contribution in [3.8, 4) is 11.8 Å². The molecule has 1 aliphatic heterocycles. The fourth-order valence-corrected chi connectivity index (χ4v) is 3.21. The molecule has 0 bridgehead atoms. The highest BCUT2D eigenvalue weighted by atomic mass is 19.1. The number of hydrogen-bond acceptors (Lipinski definition) is 3. The van der Waals surface area contributed by atoms with E-state index in [1.807, 2.05) is 13.8 Å². The summed E-state index contributed by atoms with van der Waals surface area (Å²) in [5.74, 6) is 3.93. The first-order chi connectivity index (χ1) is 12.8. The molecule has 2 heterocycles. The summed E-state index contributed by atoms with van der Waals surface area (Å²) in [6.07, 6.45) is 2.08. The van der Waals surface area contributed by atoms with Crippen molar-refractivity contribution in [2.24, 2.45) is 0 Å². The smallest absolute Gasteiger partial charge is 0.272 e. The van der Waals surface area contributed by atoms with E-state index in [1.54, 1.807) is 17.0 Å². The normalized spacial score (nSPS) is 18.6. The van der Waals surface area contributed by atoms with Gasteiger partial charge in [0.2, 0.25) is 0 Å². The molecule has 0 saturated carbocycles. The summed E-state index contributed by atoms with van der Waals surface area (Å²) < 4.78 is 26.8. The van der Waals surface area contributed by atoms with E-state index in [4.69, 9.17) is 0 Å². The molecule has 0 aliphatic carbocycles. The molecule has 1 aromatic carbocycles. The summed E-state index contributed by atoms with van der Waals surface area (Å²) in [4.78, 5) is 18.6. The number of aliphatic hydroxyl groups excluding tert-OH is 1. The van der Waals surface area contributed by atoms with E-state index < -0.39 is 23.3 Å². The number of pyridine rings is 1. The third-order valence-electron chi connectivity index (χ3n) is 4.65. The number of halogens is 2. The lowest BCUT2D eigenvalue weighted by Crippen LogP contribution is -2.54. The summed E-state index contributed by atoms with van der Waals surface area (Å²) in [6, 6.07) is 6.27. The molecule has 1 fully saturated rings. The number of nitrogens with zero attached hydrogens (tertiary/aromatic N) is 2. The minimum atomic E-state index is -0.599. The van der Waals surface area contributed by atoms with E-state index in [9.17, 15) is 18.7 Å². The Balaban J connectivity index is 1.77. The van der Waals surface area contributed by atoms with Crippen LogP contribution in [0.25, 0.3) is 0 Å². The molecule has 1 N–H and O–H groups in total. The van der Waals surface area contributed by atoms with Crippen molar-refractivity contribution in [1.29, 1.82) is 0 Å². The van der Waals surface area contributed by atoms with Crippen LogP contribution in [0.2, 0.25) is 0 Å². The fraction of sp³-hybridized carbons (Fsp3) is 0.333. The van der Waals surface area contributed by atoms with Gasteiger partial charge in [-0.2, -0.15) is 0 Å². The molecular weight excluding hydrogens is 350 g/mol. The Morgan fingerprint density at radius 3 is 2.70 bits per heavy atom. The molecule has 1 saturated heterocycles. The average Bonchev–Trinajstić information content (AvgIpc) is 2.61. The average molecular weight is 370 g/mol. The third-order valence-corrected chi connectivity index (χ3v) is 4.65. The number of aromatic nitrogens is 1. The molecule has 6 heteroatoms. The molecule has 0 spiro atoms. The van der Waals surface area contributed by atoms with E-state index in [-0.39, 0.29) is 17.2 Å². The largest absolute Gasteiger partial charge is 0.393 e.